The molecule has 0 spiro atoms. The molecule has 19 heavy (non-hydrogen) atoms. The highest BCUT2D eigenvalue weighted by molar-refractivity contribution is 5.91. The molecule has 0 fully saturated rings. The van der Waals surface area contributed by atoms with Crippen molar-refractivity contribution in [3.05, 3.63) is 33.9 Å². The fourth-order valence-corrected chi connectivity index (χ4v) is 1.58. The van der Waals surface area contributed by atoms with Gasteiger partial charge in [-0.1, -0.05) is 6.07 Å². The third-order valence-electron chi connectivity index (χ3n) is 2.58. The molecule has 1 aromatic rings. The van der Waals surface area contributed by atoms with Crippen LogP contribution in [0.2, 0.25) is 0 Å². The van der Waals surface area contributed by atoms with Gasteiger partial charge in [0.05, 0.1) is 18.0 Å². The number of carbonyl (C=O) groups excluding carboxylic acids is 2. The molecule has 0 saturated carbocycles. The zero-order chi connectivity index (χ0) is 14.6. The van der Waals surface area contributed by atoms with E-state index in [0.717, 1.165) is 0 Å². The Balaban J connectivity index is 3.19. The number of hydrogen-bond donors (Lipinski definition) is 1. The Bertz CT molecular complexity index is 527. The summed E-state index contributed by atoms with van der Waals surface area (Å²) in [5.74, 6) is -1.51. The van der Waals surface area contributed by atoms with Gasteiger partial charge in [-0.15, -0.1) is 0 Å². The number of rotatable bonds is 4. The van der Waals surface area contributed by atoms with Crippen LogP contribution >= 0.6 is 0 Å². The number of nitrogens with zero attached hydrogens (tertiary/aromatic N) is 1. The zero-order valence-corrected chi connectivity index (χ0v) is 10.8. The molecule has 0 bridgehead atoms. The Hall–Kier alpha value is -2.44. The Morgan fingerprint density at radius 3 is 2.53 bits per heavy atom. The summed E-state index contributed by atoms with van der Waals surface area (Å²) >= 11 is 0. The molecule has 1 aromatic carbocycles. The summed E-state index contributed by atoms with van der Waals surface area (Å²) in [7, 11) is 1.25. The van der Waals surface area contributed by atoms with E-state index in [1.54, 1.807) is 13.0 Å². The number of esters is 1. The molecule has 1 N–H and O–H groups in total. The third kappa shape index (κ3) is 3.51. The van der Waals surface area contributed by atoms with E-state index >= 15 is 0 Å². The second kappa shape index (κ2) is 5.94. The molecule has 0 aromatic heterocycles. The lowest BCUT2D eigenvalue weighted by molar-refractivity contribution is -0.384. The average Bonchev–Trinajstić information content (AvgIpc) is 2.36. The zero-order valence-electron chi connectivity index (χ0n) is 10.8. The quantitative estimate of drug-likeness (QED) is 0.509. The van der Waals surface area contributed by atoms with Gasteiger partial charge in [0.2, 0.25) is 5.91 Å². The molecule has 0 aliphatic carbocycles. The van der Waals surface area contributed by atoms with E-state index in [9.17, 15) is 19.7 Å². The lowest BCUT2D eigenvalue weighted by Gasteiger charge is -2.11. The minimum atomic E-state index is -0.616. The molecule has 102 valence electrons. The van der Waals surface area contributed by atoms with Crippen LogP contribution in [0.25, 0.3) is 0 Å². The van der Waals surface area contributed by atoms with Crippen molar-refractivity contribution in [2.24, 2.45) is 0 Å². The third-order valence-corrected chi connectivity index (χ3v) is 2.58. The van der Waals surface area contributed by atoms with E-state index < -0.39 is 22.7 Å². The topological polar surface area (TPSA) is 98.5 Å². The van der Waals surface area contributed by atoms with Crippen LogP contribution in [0.15, 0.2) is 18.2 Å². The van der Waals surface area contributed by atoms with Crippen molar-refractivity contribution >= 4 is 23.3 Å². The van der Waals surface area contributed by atoms with Crippen LogP contribution in [-0.2, 0) is 14.3 Å². The van der Waals surface area contributed by atoms with Crippen molar-refractivity contribution in [1.29, 1.82) is 0 Å². The maximum Gasteiger partial charge on any atom is 0.312 e. The van der Waals surface area contributed by atoms with Crippen molar-refractivity contribution < 1.29 is 19.2 Å². The number of carbonyl (C=O) groups is 2. The molecule has 7 nitrogen and oxygen atoms in total. The summed E-state index contributed by atoms with van der Waals surface area (Å²) in [5, 5.41) is 13.3. The molecule has 0 heterocycles. The summed E-state index contributed by atoms with van der Waals surface area (Å²) < 4.78 is 4.58. The van der Waals surface area contributed by atoms with E-state index in [0.29, 0.717) is 5.56 Å². The summed E-state index contributed by atoms with van der Waals surface area (Å²) in [4.78, 5) is 32.7. The first-order valence-corrected chi connectivity index (χ1v) is 5.50. The monoisotopic (exact) mass is 266 g/mol. The van der Waals surface area contributed by atoms with Gasteiger partial charge in [0, 0.05) is 13.0 Å². The Morgan fingerprint density at radius 1 is 1.42 bits per heavy atom. The van der Waals surface area contributed by atoms with Gasteiger partial charge in [0.25, 0.3) is 5.69 Å². The van der Waals surface area contributed by atoms with E-state index in [2.05, 4.69) is 10.1 Å². The fraction of sp³-hybridized carbons (Fsp3) is 0.333. The Labute approximate surface area is 109 Å². The number of anilines is 1. The number of ether oxygens (including phenoxy) is 1. The fourth-order valence-electron chi connectivity index (χ4n) is 1.58. The maximum atomic E-state index is 11.4. The molecule has 0 radical (unpaired) electrons. The van der Waals surface area contributed by atoms with Gasteiger partial charge in [-0.3, -0.25) is 19.7 Å². The molecule has 0 aliphatic heterocycles. The minimum absolute atomic E-state index is 0.0957. The van der Waals surface area contributed by atoms with Crippen molar-refractivity contribution in [1.82, 2.24) is 0 Å². The number of benzene rings is 1. The highest BCUT2D eigenvalue weighted by atomic mass is 16.6. The van der Waals surface area contributed by atoms with Gasteiger partial charge in [-0.2, -0.15) is 0 Å². The molecule has 1 unspecified atom stereocenters. The molecule has 0 aliphatic rings. The largest absolute Gasteiger partial charge is 0.469 e. The Kier molecular flexibility index (Phi) is 4.57. The normalized spacial score (nSPS) is 11.5. The van der Waals surface area contributed by atoms with Gasteiger partial charge in [0.1, 0.15) is 5.69 Å². The second-order valence-corrected chi connectivity index (χ2v) is 3.96. The number of nitrogens with one attached hydrogen (secondary N) is 1. The Morgan fingerprint density at radius 2 is 2.05 bits per heavy atom. The summed E-state index contributed by atoms with van der Waals surface area (Å²) in [6.07, 6.45) is 0. The lowest BCUT2D eigenvalue weighted by Crippen LogP contribution is -2.12. The maximum absolute atomic E-state index is 11.4. The van der Waals surface area contributed by atoms with Crippen LogP contribution in [-0.4, -0.2) is 23.9 Å². The van der Waals surface area contributed by atoms with Crippen LogP contribution in [0.3, 0.4) is 0 Å². The minimum Gasteiger partial charge on any atom is -0.469 e. The predicted molar refractivity (Wildman–Crippen MR) is 67.8 cm³/mol. The van der Waals surface area contributed by atoms with Gasteiger partial charge < -0.3 is 10.1 Å². The van der Waals surface area contributed by atoms with Gasteiger partial charge >= 0.3 is 5.97 Å². The molecular formula is C12H14N2O5. The summed E-state index contributed by atoms with van der Waals surface area (Å²) in [5.41, 5.74) is 0.287. The molecule has 1 rings (SSSR count). The molecule has 1 atom stereocenters. The summed E-state index contributed by atoms with van der Waals surface area (Å²) in [6, 6.07) is 4.20. The van der Waals surface area contributed by atoms with Gasteiger partial charge in [0.15, 0.2) is 0 Å². The second-order valence-electron chi connectivity index (χ2n) is 3.96. The number of nitro groups is 1. The van der Waals surface area contributed by atoms with Crippen molar-refractivity contribution in [3.63, 3.8) is 0 Å². The van der Waals surface area contributed by atoms with Crippen molar-refractivity contribution in [2.75, 3.05) is 12.4 Å². The molecular weight excluding hydrogens is 252 g/mol. The van der Waals surface area contributed by atoms with Crippen LogP contribution in [0.4, 0.5) is 11.4 Å². The molecule has 0 saturated heterocycles. The van der Waals surface area contributed by atoms with Crippen molar-refractivity contribution in [3.8, 4) is 0 Å². The number of amides is 1. The van der Waals surface area contributed by atoms with E-state index in [4.69, 9.17) is 0 Å². The highest BCUT2D eigenvalue weighted by Gasteiger charge is 2.21. The van der Waals surface area contributed by atoms with Crippen LogP contribution in [0.1, 0.15) is 25.3 Å². The summed E-state index contributed by atoms with van der Waals surface area (Å²) in [6.45, 7) is 2.84. The van der Waals surface area contributed by atoms with E-state index in [1.807, 2.05) is 0 Å². The highest BCUT2D eigenvalue weighted by Crippen LogP contribution is 2.29. The number of hydrogen-bond acceptors (Lipinski definition) is 5. The van der Waals surface area contributed by atoms with Crippen LogP contribution < -0.4 is 5.32 Å². The lowest BCUT2D eigenvalue weighted by atomic mass is 10.00. The van der Waals surface area contributed by atoms with Crippen LogP contribution in [0.5, 0.6) is 0 Å². The van der Waals surface area contributed by atoms with Crippen LogP contribution in [0, 0.1) is 10.1 Å². The average molecular weight is 266 g/mol. The van der Waals surface area contributed by atoms with Gasteiger partial charge in [-0.05, 0) is 18.6 Å². The molecule has 1 amide bonds. The molecule has 7 heteroatoms. The first-order chi connectivity index (χ1) is 8.86. The standard InChI is InChI=1S/C12H14N2O5/c1-7(12(16)19-3)9-4-5-10(13-8(2)15)11(6-9)14(17)18/h4-7H,1-3H3,(H,13,15). The number of nitro benzene ring substituents is 1. The van der Waals surface area contributed by atoms with Crippen molar-refractivity contribution in [2.45, 2.75) is 19.8 Å². The first-order valence-electron chi connectivity index (χ1n) is 5.50. The van der Waals surface area contributed by atoms with E-state index in [-0.39, 0.29) is 11.4 Å². The predicted octanol–water partition coefficient (Wildman–Crippen LogP) is 1.83. The van der Waals surface area contributed by atoms with Gasteiger partial charge in [-0.25, -0.2) is 0 Å². The van der Waals surface area contributed by atoms with E-state index in [1.165, 1.54) is 26.2 Å². The smallest absolute Gasteiger partial charge is 0.312 e. The number of methoxy groups -OCH3 is 1. The first kappa shape index (κ1) is 14.6. The SMILES string of the molecule is COC(=O)C(C)c1ccc(NC(C)=O)c([N+](=O)[O-])c1.